The van der Waals surface area contributed by atoms with E-state index in [1.54, 1.807) is 12.4 Å². The van der Waals surface area contributed by atoms with Crippen LogP contribution in [0.15, 0.2) is 36.7 Å². The molecule has 0 aromatic carbocycles. The van der Waals surface area contributed by atoms with Crippen molar-refractivity contribution in [1.29, 1.82) is 0 Å². The highest BCUT2D eigenvalue weighted by molar-refractivity contribution is 5.33. The number of nitrogens with zero attached hydrogens (tertiary/aromatic N) is 2. The third-order valence-electron chi connectivity index (χ3n) is 2.87. The van der Waals surface area contributed by atoms with Crippen molar-refractivity contribution in [3.63, 3.8) is 0 Å². The predicted molar refractivity (Wildman–Crippen MR) is 71.4 cm³/mol. The number of hydrazine groups is 1. The van der Waals surface area contributed by atoms with E-state index >= 15 is 0 Å². The number of hydrogen-bond acceptors (Lipinski definition) is 5. The van der Waals surface area contributed by atoms with Gasteiger partial charge in [0.25, 0.3) is 0 Å². The van der Waals surface area contributed by atoms with Gasteiger partial charge in [0.2, 0.25) is 0 Å². The second-order valence-electron chi connectivity index (χ2n) is 4.22. The second-order valence-corrected chi connectivity index (χ2v) is 4.22. The predicted octanol–water partition coefficient (Wildman–Crippen LogP) is 1.11. The maximum atomic E-state index is 5.67. The second kappa shape index (κ2) is 5.57. The van der Waals surface area contributed by atoms with Gasteiger partial charge in [-0.2, -0.15) is 0 Å². The van der Waals surface area contributed by atoms with Crippen LogP contribution in [0.1, 0.15) is 22.9 Å². The van der Waals surface area contributed by atoms with Crippen molar-refractivity contribution in [2.24, 2.45) is 5.84 Å². The molecule has 0 spiro atoms. The lowest BCUT2D eigenvalue weighted by molar-refractivity contribution is 0.535. The lowest BCUT2D eigenvalue weighted by Gasteiger charge is -2.17. The van der Waals surface area contributed by atoms with Crippen molar-refractivity contribution in [3.8, 4) is 0 Å². The number of pyridine rings is 2. The molecule has 94 valence electrons. The molecular weight excluding hydrogens is 226 g/mol. The summed E-state index contributed by atoms with van der Waals surface area (Å²) in [5.74, 6) is 6.14. The number of anilines is 1. The first-order chi connectivity index (χ1) is 8.70. The SMILES string of the molecule is Cc1cccnc1C(Cc1ccnc(N)c1)NN. The maximum absolute atomic E-state index is 5.67. The summed E-state index contributed by atoms with van der Waals surface area (Å²) in [6, 6.07) is 7.68. The van der Waals surface area contributed by atoms with E-state index in [4.69, 9.17) is 11.6 Å². The molecule has 5 N–H and O–H groups in total. The Kier molecular flexibility index (Phi) is 3.86. The van der Waals surface area contributed by atoms with Crippen LogP contribution in [0.4, 0.5) is 5.82 Å². The topological polar surface area (TPSA) is 89.8 Å². The van der Waals surface area contributed by atoms with Gasteiger partial charge in [0, 0.05) is 12.4 Å². The minimum Gasteiger partial charge on any atom is -0.384 e. The highest BCUT2D eigenvalue weighted by Crippen LogP contribution is 2.19. The van der Waals surface area contributed by atoms with Crippen LogP contribution >= 0.6 is 0 Å². The van der Waals surface area contributed by atoms with Crippen molar-refractivity contribution in [3.05, 3.63) is 53.5 Å². The van der Waals surface area contributed by atoms with Gasteiger partial charge in [0.05, 0.1) is 11.7 Å². The standard InChI is InChI=1S/C13H17N5/c1-9-3-2-5-17-13(9)11(18-15)7-10-4-6-16-12(14)8-10/h2-6,8,11,18H,7,15H2,1H3,(H2,14,16). The Morgan fingerprint density at radius 3 is 2.78 bits per heavy atom. The molecule has 0 saturated heterocycles. The lowest BCUT2D eigenvalue weighted by atomic mass is 10.0. The summed E-state index contributed by atoms with van der Waals surface area (Å²) in [6.45, 7) is 2.02. The molecule has 0 fully saturated rings. The molecule has 2 heterocycles. The molecule has 0 aliphatic rings. The van der Waals surface area contributed by atoms with Gasteiger partial charge in [0.1, 0.15) is 5.82 Å². The number of nitrogens with one attached hydrogen (secondary N) is 1. The third kappa shape index (κ3) is 2.82. The average Bonchev–Trinajstić information content (AvgIpc) is 2.37. The highest BCUT2D eigenvalue weighted by Gasteiger charge is 2.14. The highest BCUT2D eigenvalue weighted by atomic mass is 15.2. The van der Waals surface area contributed by atoms with Crippen molar-refractivity contribution in [2.75, 3.05) is 5.73 Å². The Hall–Kier alpha value is -1.98. The molecule has 0 saturated carbocycles. The van der Waals surface area contributed by atoms with Crippen LogP contribution in [0, 0.1) is 6.92 Å². The summed E-state index contributed by atoms with van der Waals surface area (Å²) >= 11 is 0. The molecule has 0 radical (unpaired) electrons. The van der Waals surface area contributed by atoms with Crippen LogP contribution in [0.2, 0.25) is 0 Å². The molecule has 2 aromatic rings. The van der Waals surface area contributed by atoms with E-state index < -0.39 is 0 Å². The van der Waals surface area contributed by atoms with E-state index in [-0.39, 0.29) is 6.04 Å². The molecule has 0 bridgehead atoms. The zero-order chi connectivity index (χ0) is 13.0. The smallest absolute Gasteiger partial charge is 0.123 e. The van der Waals surface area contributed by atoms with Gasteiger partial charge in [-0.3, -0.25) is 16.3 Å². The fourth-order valence-electron chi connectivity index (χ4n) is 1.95. The normalized spacial score (nSPS) is 12.3. The lowest BCUT2D eigenvalue weighted by Crippen LogP contribution is -2.30. The Morgan fingerprint density at radius 2 is 2.11 bits per heavy atom. The molecular formula is C13H17N5. The first-order valence-electron chi connectivity index (χ1n) is 5.78. The quantitative estimate of drug-likeness (QED) is 0.553. The van der Waals surface area contributed by atoms with Gasteiger partial charge in [-0.05, 0) is 42.7 Å². The van der Waals surface area contributed by atoms with E-state index in [9.17, 15) is 0 Å². The summed E-state index contributed by atoms with van der Waals surface area (Å²) in [7, 11) is 0. The van der Waals surface area contributed by atoms with E-state index in [1.165, 1.54) is 0 Å². The Morgan fingerprint density at radius 1 is 1.28 bits per heavy atom. The van der Waals surface area contributed by atoms with E-state index in [1.807, 2.05) is 31.2 Å². The van der Waals surface area contributed by atoms with Crippen molar-refractivity contribution in [2.45, 2.75) is 19.4 Å². The first kappa shape index (κ1) is 12.5. The Balaban J connectivity index is 2.23. The fraction of sp³-hybridized carbons (Fsp3) is 0.231. The zero-order valence-corrected chi connectivity index (χ0v) is 10.3. The van der Waals surface area contributed by atoms with Gasteiger partial charge in [-0.15, -0.1) is 0 Å². The summed E-state index contributed by atoms with van der Waals surface area (Å²) < 4.78 is 0. The molecule has 0 aliphatic carbocycles. The van der Waals surface area contributed by atoms with Crippen molar-refractivity contribution >= 4 is 5.82 Å². The summed E-state index contributed by atoms with van der Waals surface area (Å²) in [5, 5.41) is 0. The van der Waals surface area contributed by atoms with E-state index in [0.29, 0.717) is 5.82 Å². The van der Waals surface area contributed by atoms with E-state index in [2.05, 4.69) is 15.4 Å². The molecule has 0 aliphatic heterocycles. The molecule has 2 aromatic heterocycles. The van der Waals surface area contributed by atoms with E-state index in [0.717, 1.165) is 23.2 Å². The van der Waals surface area contributed by atoms with Crippen molar-refractivity contribution in [1.82, 2.24) is 15.4 Å². The minimum absolute atomic E-state index is 0.0343. The number of hydrogen-bond donors (Lipinski definition) is 3. The molecule has 5 nitrogen and oxygen atoms in total. The van der Waals surface area contributed by atoms with Gasteiger partial charge in [0.15, 0.2) is 0 Å². The number of nitrogens with two attached hydrogens (primary N) is 2. The summed E-state index contributed by atoms with van der Waals surface area (Å²) in [6.07, 6.45) is 4.19. The number of aryl methyl sites for hydroxylation is 1. The summed E-state index contributed by atoms with van der Waals surface area (Å²) in [4.78, 5) is 8.35. The van der Waals surface area contributed by atoms with Crippen LogP contribution in [-0.4, -0.2) is 9.97 Å². The Bertz CT molecular complexity index is 526. The fourth-order valence-corrected chi connectivity index (χ4v) is 1.95. The zero-order valence-electron chi connectivity index (χ0n) is 10.3. The van der Waals surface area contributed by atoms with Gasteiger partial charge < -0.3 is 5.73 Å². The largest absolute Gasteiger partial charge is 0.384 e. The van der Waals surface area contributed by atoms with Gasteiger partial charge >= 0.3 is 0 Å². The molecule has 18 heavy (non-hydrogen) atoms. The molecule has 2 rings (SSSR count). The molecule has 0 amide bonds. The van der Waals surface area contributed by atoms with Crippen LogP contribution in [0.3, 0.4) is 0 Å². The number of aromatic nitrogens is 2. The number of nitrogen functional groups attached to an aromatic ring is 1. The molecule has 1 atom stereocenters. The Labute approximate surface area is 106 Å². The monoisotopic (exact) mass is 243 g/mol. The number of rotatable bonds is 4. The van der Waals surface area contributed by atoms with Crippen LogP contribution < -0.4 is 17.0 Å². The average molecular weight is 243 g/mol. The molecule has 1 unspecified atom stereocenters. The third-order valence-corrected chi connectivity index (χ3v) is 2.87. The van der Waals surface area contributed by atoms with Crippen LogP contribution in [0.25, 0.3) is 0 Å². The summed E-state index contributed by atoms with van der Waals surface area (Å²) in [5.41, 5.74) is 11.6. The van der Waals surface area contributed by atoms with Gasteiger partial charge in [-0.25, -0.2) is 4.98 Å². The van der Waals surface area contributed by atoms with Crippen LogP contribution in [-0.2, 0) is 6.42 Å². The maximum Gasteiger partial charge on any atom is 0.123 e. The van der Waals surface area contributed by atoms with Crippen LogP contribution in [0.5, 0.6) is 0 Å². The van der Waals surface area contributed by atoms with Crippen molar-refractivity contribution < 1.29 is 0 Å². The van der Waals surface area contributed by atoms with Gasteiger partial charge in [-0.1, -0.05) is 6.07 Å². The molecule has 5 heteroatoms. The minimum atomic E-state index is -0.0343. The first-order valence-corrected chi connectivity index (χ1v) is 5.78.